The van der Waals surface area contributed by atoms with Gasteiger partial charge < -0.3 is 19.9 Å². The highest BCUT2D eigenvalue weighted by Crippen LogP contribution is 2.26. The lowest BCUT2D eigenvalue weighted by atomic mass is 10.3. The molecule has 0 aliphatic heterocycles. The average Bonchev–Trinajstić information content (AvgIpc) is 3.25. The zero-order valence-electron chi connectivity index (χ0n) is 18.4. The number of ether oxygens (including phenoxy) is 2. The van der Waals surface area contributed by atoms with Gasteiger partial charge in [0.15, 0.2) is 11.5 Å². The maximum absolute atomic E-state index is 13.0. The number of nitrogens with zero attached hydrogens (tertiary/aromatic N) is 6. The number of anilines is 1. The number of hydrogen-bond donors (Lipinski definition) is 2. The predicted octanol–water partition coefficient (Wildman–Crippen LogP) is 2.35. The molecule has 0 aliphatic rings. The maximum Gasteiger partial charge on any atom is 0.269 e. The number of pyridine rings is 2. The Morgan fingerprint density at radius 1 is 1.18 bits per heavy atom. The number of aromatic nitrogens is 6. The van der Waals surface area contributed by atoms with Crippen LogP contribution in [0.4, 0.5) is 5.82 Å². The number of aliphatic hydroxyl groups is 1. The number of carbonyl (C=O) groups is 1. The highest BCUT2D eigenvalue weighted by atomic mass is 35.5. The molecule has 12 heteroatoms. The number of amides is 1. The van der Waals surface area contributed by atoms with Crippen LogP contribution in [0.5, 0.6) is 5.88 Å². The second kappa shape index (κ2) is 10.5. The molecule has 1 unspecified atom stereocenters. The molecule has 0 fully saturated rings. The zero-order chi connectivity index (χ0) is 24.1. The van der Waals surface area contributed by atoms with Gasteiger partial charge in [0.1, 0.15) is 17.5 Å². The van der Waals surface area contributed by atoms with Crippen LogP contribution in [-0.4, -0.2) is 66.2 Å². The first-order chi connectivity index (χ1) is 16.4. The van der Waals surface area contributed by atoms with E-state index in [4.69, 9.17) is 21.1 Å². The standard InChI is InChI=1S/C22H22ClN7O4/c1-13-5-6-18(25-8-13)29-21(32)17(11-33-10-14(2)31)34-22-15-9-28-30(19(15)26-12-27-22)20-16(23)4-3-7-24-20/h3-9,12,14,17,31H,10-11H2,1-2H3,(H,25,29,32)/t14?,17-/m0/s1. The fraction of sp³-hybridized carbons (Fsp3) is 0.273. The molecule has 176 valence electrons. The summed E-state index contributed by atoms with van der Waals surface area (Å²) < 4.78 is 12.9. The highest BCUT2D eigenvalue weighted by molar-refractivity contribution is 6.32. The van der Waals surface area contributed by atoms with Crippen molar-refractivity contribution in [1.29, 1.82) is 0 Å². The smallest absolute Gasteiger partial charge is 0.269 e. The summed E-state index contributed by atoms with van der Waals surface area (Å²) in [4.78, 5) is 29.9. The highest BCUT2D eigenvalue weighted by Gasteiger charge is 2.25. The van der Waals surface area contributed by atoms with Crippen LogP contribution >= 0.6 is 11.6 Å². The van der Waals surface area contributed by atoms with Gasteiger partial charge in [-0.05, 0) is 37.6 Å². The first-order valence-electron chi connectivity index (χ1n) is 10.4. The van der Waals surface area contributed by atoms with Crippen LogP contribution in [0.15, 0.2) is 49.2 Å². The van der Waals surface area contributed by atoms with Crippen LogP contribution in [0, 0.1) is 6.92 Å². The molecule has 4 rings (SSSR count). The molecule has 11 nitrogen and oxygen atoms in total. The lowest BCUT2D eigenvalue weighted by Crippen LogP contribution is -2.38. The first-order valence-corrected chi connectivity index (χ1v) is 10.8. The van der Waals surface area contributed by atoms with E-state index >= 15 is 0 Å². The van der Waals surface area contributed by atoms with Crippen LogP contribution in [0.2, 0.25) is 5.02 Å². The number of carbonyl (C=O) groups excluding carboxylic acids is 1. The van der Waals surface area contributed by atoms with Crippen LogP contribution in [0.1, 0.15) is 12.5 Å². The minimum absolute atomic E-state index is 0.0330. The van der Waals surface area contributed by atoms with Crippen molar-refractivity contribution in [2.75, 3.05) is 18.5 Å². The van der Waals surface area contributed by atoms with Crippen molar-refractivity contribution in [3.63, 3.8) is 0 Å². The molecule has 4 heterocycles. The van der Waals surface area contributed by atoms with Gasteiger partial charge in [0, 0.05) is 12.4 Å². The van der Waals surface area contributed by atoms with E-state index < -0.39 is 18.1 Å². The summed E-state index contributed by atoms with van der Waals surface area (Å²) in [5.74, 6) is 0.392. The Morgan fingerprint density at radius 3 is 2.76 bits per heavy atom. The van der Waals surface area contributed by atoms with Gasteiger partial charge in [-0.3, -0.25) is 4.79 Å². The Bertz CT molecular complexity index is 1280. The SMILES string of the molecule is Cc1ccc(NC(=O)[C@H](COCC(C)O)Oc2ncnc3c2cnn3-c2ncccc2Cl)nc1. The molecular formula is C22H22ClN7O4. The molecule has 4 aromatic rings. The van der Waals surface area contributed by atoms with Gasteiger partial charge >= 0.3 is 0 Å². The molecule has 2 atom stereocenters. The molecule has 0 bridgehead atoms. The lowest BCUT2D eigenvalue weighted by molar-refractivity contribution is -0.126. The van der Waals surface area contributed by atoms with E-state index in [1.54, 1.807) is 37.5 Å². The van der Waals surface area contributed by atoms with Crippen molar-refractivity contribution in [2.24, 2.45) is 0 Å². The Hall–Kier alpha value is -3.67. The Balaban J connectivity index is 1.61. The summed E-state index contributed by atoms with van der Waals surface area (Å²) in [5, 5.41) is 17.4. The van der Waals surface area contributed by atoms with Crippen LogP contribution in [0.3, 0.4) is 0 Å². The summed E-state index contributed by atoms with van der Waals surface area (Å²) in [5.41, 5.74) is 1.36. The second-order valence-electron chi connectivity index (χ2n) is 7.48. The summed E-state index contributed by atoms with van der Waals surface area (Å²) in [7, 11) is 0. The molecule has 34 heavy (non-hydrogen) atoms. The number of fused-ring (bicyclic) bond motifs is 1. The quantitative estimate of drug-likeness (QED) is 0.367. The lowest BCUT2D eigenvalue weighted by Gasteiger charge is -2.19. The van der Waals surface area contributed by atoms with Gasteiger partial charge in [-0.25, -0.2) is 19.9 Å². The maximum atomic E-state index is 13.0. The van der Waals surface area contributed by atoms with Crippen molar-refractivity contribution in [3.8, 4) is 11.7 Å². The van der Waals surface area contributed by atoms with Crippen molar-refractivity contribution in [2.45, 2.75) is 26.1 Å². The molecule has 2 N–H and O–H groups in total. The Morgan fingerprint density at radius 2 is 2.03 bits per heavy atom. The zero-order valence-corrected chi connectivity index (χ0v) is 19.2. The van der Waals surface area contributed by atoms with E-state index in [0.717, 1.165) is 5.56 Å². The third kappa shape index (κ3) is 5.45. The normalized spacial score (nSPS) is 12.9. The fourth-order valence-electron chi connectivity index (χ4n) is 3.00. The Labute approximate surface area is 199 Å². The molecule has 0 aromatic carbocycles. The van der Waals surface area contributed by atoms with Gasteiger partial charge in [-0.2, -0.15) is 9.78 Å². The molecule has 1 amide bonds. The third-order valence-corrected chi connectivity index (χ3v) is 4.90. The second-order valence-corrected chi connectivity index (χ2v) is 7.89. The fourth-order valence-corrected chi connectivity index (χ4v) is 3.20. The van der Waals surface area contributed by atoms with E-state index in [0.29, 0.717) is 27.7 Å². The number of aryl methyl sites for hydroxylation is 1. The van der Waals surface area contributed by atoms with E-state index in [2.05, 4.69) is 30.4 Å². The van der Waals surface area contributed by atoms with E-state index in [9.17, 15) is 9.90 Å². The molecule has 0 saturated heterocycles. The molecule has 0 spiro atoms. The minimum atomic E-state index is -1.10. The number of nitrogens with one attached hydrogen (secondary N) is 1. The van der Waals surface area contributed by atoms with Crippen molar-refractivity contribution in [3.05, 3.63) is 59.8 Å². The van der Waals surface area contributed by atoms with Gasteiger partial charge in [-0.1, -0.05) is 17.7 Å². The third-order valence-electron chi connectivity index (χ3n) is 4.61. The minimum Gasteiger partial charge on any atom is -0.461 e. The molecule has 0 radical (unpaired) electrons. The molecule has 4 aromatic heterocycles. The van der Waals surface area contributed by atoms with Crippen molar-refractivity contribution in [1.82, 2.24) is 29.7 Å². The molecule has 0 aliphatic carbocycles. The predicted molar refractivity (Wildman–Crippen MR) is 124 cm³/mol. The number of rotatable bonds is 9. The van der Waals surface area contributed by atoms with Crippen LogP contribution in [-0.2, 0) is 9.53 Å². The number of hydrogen-bond acceptors (Lipinski definition) is 9. The molecular weight excluding hydrogens is 462 g/mol. The number of aliphatic hydroxyl groups excluding tert-OH is 1. The largest absolute Gasteiger partial charge is 0.461 e. The monoisotopic (exact) mass is 483 g/mol. The summed E-state index contributed by atoms with van der Waals surface area (Å²) >= 11 is 6.26. The van der Waals surface area contributed by atoms with Gasteiger partial charge in [0.2, 0.25) is 12.0 Å². The first kappa shape index (κ1) is 23.5. The van der Waals surface area contributed by atoms with E-state index in [1.807, 2.05) is 13.0 Å². The van der Waals surface area contributed by atoms with Crippen molar-refractivity contribution < 1.29 is 19.4 Å². The van der Waals surface area contributed by atoms with E-state index in [-0.39, 0.29) is 19.1 Å². The number of halogens is 1. The van der Waals surface area contributed by atoms with Crippen LogP contribution in [0.25, 0.3) is 16.9 Å². The van der Waals surface area contributed by atoms with Gasteiger partial charge in [0.05, 0.1) is 30.5 Å². The van der Waals surface area contributed by atoms with Gasteiger partial charge in [-0.15, -0.1) is 0 Å². The average molecular weight is 484 g/mol. The molecule has 0 saturated carbocycles. The topological polar surface area (TPSA) is 137 Å². The Kier molecular flexibility index (Phi) is 7.26. The van der Waals surface area contributed by atoms with Gasteiger partial charge in [0.25, 0.3) is 5.91 Å². The summed E-state index contributed by atoms with van der Waals surface area (Å²) in [6.07, 6.45) is 4.23. The summed E-state index contributed by atoms with van der Waals surface area (Å²) in [6.45, 7) is 3.38. The summed E-state index contributed by atoms with van der Waals surface area (Å²) in [6, 6.07) is 6.91. The van der Waals surface area contributed by atoms with E-state index in [1.165, 1.54) is 17.2 Å². The van der Waals surface area contributed by atoms with Crippen molar-refractivity contribution >= 4 is 34.4 Å². The van der Waals surface area contributed by atoms with Crippen LogP contribution < -0.4 is 10.1 Å².